The van der Waals surface area contributed by atoms with Crippen LogP contribution in [-0.2, 0) is 20.8 Å². The van der Waals surface area contributed by atoms with E-state index in [9.17, 15) is 9.59 Å². The highest BCUT2D eigenvalue weighted by atomic mass is 16.6. The van der Waals surface area contributed by atoms with Crippen molar-refractivity contribution in [1.82, 2.24) is 9.80 Å². The zero-order chi connectivity index (χ0) is 21.4. The quantitative estimate of drug-likeness (QED) is 0.609. The van der Waals surface area contributed by atoms with E-state index in [-0.39, 0.29) is 30.9 Å². The predicted molar refractivity (Wildman–Crippen MR) is 111 cm³/mol. The first-order valence-corrected chi connectivity index (χ1v) is 10.1. The summed E-state index contributed by atoms with van der Waals surface area (Å²) in [5.41, 5.74) is 0.479. The molecule has 0 bridgehead atoms. The van der Waals surface area contributed by atoms with Crippen molar-refractivity contribution < 1.29 is 23.8 Å². The van der Waals surface area contributed by atoms with Gasteiger partial charge in [0.15, 0.2) is 0 Å². The van der Waals surface area contributed by atoms with Crippen LogP contribution in [0.3, 0.4) is 0 Å². The third kappa shape index (κ3) is 7.93. The van der Waals surface area contributed by atoms with E-state index in [4.69, 9.17) is 14.2 Å². The van der Waals surface area contributed by atoms with Crippen LogP contribution in [0.4, 0.5) is 9.59 Å². The molecule has 1 aliphatic rings. The van der Waals surface area contributed by atoms with E-state index in [2.05, 4.69) is 0 Å². The van der Waals surface area contributed by atoms with Gasteiger partial charge < -0.3 is 24.0 Å². The van der Waals surface area contributed by atoms with E-state index in [0.717, 1.165) is 24.8 Å². The number of benzene rings is 1. The fourth-order valence-corrected chi connectivity index (χ4v) is 2.95. The lowest BCUT2D eigenvalue weighted by molar-refractivity contribution is -0.0523. The first kappa shape index (κ1) is 23.0. The first-order valence-electron chi connectivity index (χ1n) is 10.1. The van der Waals surface area contributed by atoms with Crippen molar-refractivity contribution in [2.24, 2.45) is 0 Å². The van der Waals surface area contributed by atoms with Crippen LogP contribution in [0, 0.1) is 0 Å². The zero-order valence-corrected chi connectivity index (χ0v) is 18.2. The third-order valence-electron chi connectivity index (χ3n) is 4.81. The number of nitrogens with zero attached hydrogens (tertiary/aromatic N) is 2. The lowest BCUT2D eigenvalue weighted by Crippen LogP contribution is -2.50. The van der Waals surface area contributed by atoms with Gasteiger partial charge in [0.2, 0.25) is 0 Å². The molecule has 0 N–H and O–H groups in total. The van der Waals surface area contributed by atoms with Crippen LogP contribution in [0.5, 0.6) is 0 Å². The third-order valence-corrected chi connectivity index (χ3v) is 4.81. The zero-order valence-electron chi connectivity index (χ0n) is 18.2. The fraction of sp³-hybridized carbons (Fsp3) is 0.636. The van der Waals surface area contributed by atoms with E-state index >= 15 is 0 Å². The molecule has 0 aromatic heterocycles. The van der Waals surface area contributed by atoms with Gasteiger partial charge in [0.25, 0.3) is 0 Å². The van der Waals surface area contributed by atoms with Crippen molar-refractivity contribution in [1.29, 1.82) is 0 Å². The Kier molecular flexibility index (Phi) is 8.32. The van der Waals surface area contributed by atoms with Crippen LogP contribution in [-0.4, -0.2) is 67.0 Å². The van der Waals surface area contributed by atoms with Crippen LogP contribution >= 0.6 is 0 Å². The summed E-state index contributed by atoms with van der Waals surface area (Å²) in [4.78, 5) is 27.3. The van der Waals surface area contributed by atoms with Gasteiger partial charge in [0, 0.05) is 33.3 Å². The second-order valence-corrected chi connectivity index (χ2v) is 8.52. The van der Waals surface area contributed by atoms with E-state index in [1.54, 1.807) is 23.9 Å². The molecule has 1 aromatic rings. The van der Waals surface area contributed by atoms with Gasteiger partial charge in [-0.1, -0.05) is 30.3 Å². The normalized spacial score (nSPS) is 18.5. The minimum absolute atomic E-state index is 0.153. The highest BCUT2D eigenvalue weighted by Crippen LogP contribution is 2.28. The number of rotatable bonds is 8. The van der Waals surface area contributed by atoms with Gasteiger partial charge >= 0.3 is 12.2 Å². The van der Waals surface area contributed by atoms with Crippen LogP contribution < -0.4 is 0 Å². The summed E-state index contributed by atoms with van der Waals surface area (Å²) < 4.78 is 16.5. The van der Waals surface area contributed by atoms with Crippen molar-refractivity contribution in [3.05, 3.63) is 35.9 Å². The predicted octanol–water partition coefficient (Wildman–Crippen LogP) is 4.06. The molecule has 0 heterocycles. The Balaban J connectivity index is 1.55. The van der Waals surface area contributed by atoms with E-state index in [1.165, 1.54) is 0 Å². The largest absolute Gasteiger partial charge is 0.445 e. The van der Waals surface area contributed by atoms with Crippen molar-refractivity contribution in [2.75, 3.05) is 27.2 Å². The summed E-state index contributed by atoms with van der Waals surface area (Å²) in [5, 5.41) is 0. The molecule has 29 heavy (non-hydrogen) atoms. The van der Waals surface area contributed by atoms with Crippen molar-refractivity contribution >= 4 is 12.2 Å². The number of amides is 2. The molecule has 2 amide bonds. The Bertz CT molecular complexity index is 653. The average Bonchev–Trinajstić information content (AvgIpc) is 2.63. The van der Waals surface area contributed by atoms with Gasteiger partial charge in [-0.2, -0.15) is 0 Å². The molecule has 1 fully saturated rings. The highest BCUT2D eigenvalue weighted by Gasteiger charge is 2.36. The number of hydrogen-bond donors (Lipinski definition) is 0. The van der Waals surface area contributed by atoms with Crippen molar-refractivity contribution in [3.8, 4) is 0 Å². The molecule has 0 radical (unpaired) electrons. The maximum absolute atomic E-state index is 12.1. The maximum atomic E-state index is 12.1. The molecule has 0 aliphatic heterocycles. The summed E-state index contributed by atoms with van der Waals surface area (Å²) in [7, 11) is 3.49. The second kappa shape index (κ2) is 10.5. The van der Waals surface area contributed by atoms with Gasteiger partial charge in [0.1, 0.15) is 12.2 Å². The highest BCUT2D eigenvalue weighted by molar-refractivity contribution is 5.68. The van der Waals surface area contributed by atoms with Crippen molar-refractivity contribution in [3.63, 3.8) is 0 Å². The van der Waals surface area contributed by atoms with E-state index in [1.807, 2.05) is 51.1 Å². The summed E-state index contributed by atoms with van der Waals surface area (Å²) in [6.45, 7) is 7.00. The maximum Gasteiger partial charge on any atom is 0.410 e. The standard InChI is InChI=1S/C22H34N2O5/c1-22(2,3)29-21(26)24(5)18-14-19(15-18)27-13-9-12-23(4)20(25)28-16-17-10-7-6-8-11-17/h6-8,10-11,18-19H,9,12-16H2,1-5H3. The molecular formula is C22H34N2O5. The van der Waals surface area contributed by atoms with Crippen LogP contribution in [0.25, 0.3) is 0 Å². The van der Waals surface area contributed by atoms with Crippen molar-refractivity contribution in [2.45, 2.75) is 64.4 Å². The van der Waals surface area contributed by atoms with Gasteiger partial charge in [-0.15, -0.1) is 0 Å². The summed E-state index contributed by atoms with van der Waals surface area (Å²) >= 11 is 0. The average molecular weight is 407 g/mol. The fourth-order valence-electron chi connectivity index (χ4n) is 2.95. The van der Waals surface area contributed by atoms with Crippen LogP contribution in [0.2, 0.25) is 0 Å². The Morgan fingerprint density at radius 3 is 2.34 bits per heavy atom. The Labute approximate surface area is 173 Å². The first-order chi connectivity index (χ1) is 13.7. The molecule has 7 nitrogen and oxygen atoms in total. The second-order valence-electron chi connectivity index (χ2n) is 8.52. The smallest absolute Gasteiger partial charge is 0.410 e. The molecule has 0 atom stereocenters. The molecule has 1 saturated carbocycles. The molecule has 2 rings (SSSR count). The Morgan fingerprint density at radius 1 is 1.07 bits per heavy atom. The Morgan fingerprint density at radius 2 is 1.72 bits per heavy atom. The molecule has 0 unspecified atom stereocenters. The van der Waals surface area contributed by atoms with Gasteiger partial charge in [-0.25, -0.2) is 9.59 Å². The molecule has 162 valence electrons. The van der Waals surface area contributed by atoms with E-state index < -0.39 is 5.60 Å². The number of carbonyl (C=O) groups is 2. The number of hydrogen-bond acceptors (Lipinski definition) is 5. The van der Waals surface area contributed by atoms with Gasteiger partial charge in [-0.3, -0.25) is 0 Å². The number of carbonyl (C=O) groups excluding carboxylic acids is 2. The van der Waals surface area contributed by atoms with Gasteiger partial charge in [-0.05, 0) is 45.6 Å². The molecular weight excluding hydrogens is 372 g/mol. The minimum Gasteiger partial charge on any atom is -0.445 e. The Hall–Kier alpha value is -2.28. The van der Waals surface area contributed by atoms with E-state index in [0.29, 0.717) is 13.2 Å². The molecule has 1 aromatic carbocycles. The van der Waals surface area contributed by atoms with Gasteiger partial charge in [0.05, 0.1) is 6.10 Å². The lowest BCUT2D eigenvalue weighted by atomic mass is 9.88. The summed E-state index contributed by atoms with van der Waals surface area (Å²) in [6, 6.07) is 9.77. The minimum atomic E-state index is -0.487. The monoisotopic (exact) mass is 406 g/mol. The molecule has 0 saturated heterocycles. The van der Waals surface area contributed by atoms with Crippen LogP contribution in [0.1, 0.15) is 45.6 Å². The molecule has 7 heteroatoms. The molecule has 1 aliphatic carbocycles. The summed E-state index contributed by atoms with van der Waals surface area (Å²) in [6.07, 6.45) is 1.88. The lowest BCUT2D eigenvalue weighted by Gasteiger charge is -2.41. The topological polar surface area (TPSA) is 68.3 Å². The van der Waals surface area contributed by atoms with Crippen LogP contribution in [0.15, 0.2) is 30.3 Å². The molecule has 0 spiro atoms. The summed E-state index contributed by atoms with van der Waals surface area (Å²) in [5.74, 6) is 0. The SMILES string of the molecule is CN(CCCOC1CC(N(C)C(=O)OC(C)(C)C)C1)C(=O)OCc1ccccc1. The number of ether oxygens (including phenoxy) is 3.